The summed E-state index contributed by atoms with van der Waals surface area (Å²) in [5, 5.41) is 20.7. The lowest BCUT2D eigenvalue weighted by Gasteiger charge is -2.41. The Hall–Kier alpha value is -5.76. The zero-order valence-corrected chi connectivity index (χ0v) is 29.4. The molecule has 3 aromatic carbocycles. The minimum atomic E-state index is -1.52. The molecular weight excluding hydrogens is 682 g/mol. The van der Waals surface area contributed by atoms with Crippen molar-refractivity contribution in [3.8, 4) is 11.5 Å². The molecular formula is C39H43N5O9. The maximum atomic E-state index is 14.5. The molecule has 3 atom stereocenters. The Morgan fingerprint density at radius 1 is 0.811 bits per heavy atom. The molecule has 0 aromatic heterocycles. The lowest BCUT2D eigenvalue weighted by Crippen LogP contribution is -2.62. The number of rotatable bonds is 4. The van der Waals surface area contributed by atoms with Crippen LogP contribution < -0.4 is 30.7 Å². The number of aliphatic hydroxyl groups excluding tert-OH is 1. The molecule has 14 heteroatoms. The van der Waals surface area contributed by atoms with Crippen molar-refractivity contribution in [2.45, 2.75) is 62.8 Å². The quantitative estimate of drug-likeness (QED) is 0.245. The van der Waals surface area contributed by atoms with E-state index in [-0.39, 0.29) is 57.2 Å². The molecule has 3 heterocycles. The van der Waals surface area contributed by atoms with Crippen molar-refractivity contribution in [2.75, 3.05) is 32.8 Å². The Labute approximate surface area is 306 Å². The number of hydrogen-bond donors (Lipinski definition) is 5. The molecule has 53 heavy (non-hydrogen) atoms. The first-order chi connectivity index (χ1) is 25.6. The summed E-state index contributed by atoms with van der Waals surface area (Å²) in [6, 6.07) is 17.2. The van der Waals surface area contributed by atoms with E-state index in [2.05, 4.69) is 21.3 Å². The Kier molecular flexibility index (Phi) is 11.4. The monoisotopic (exact) mass is 725 g/mol. The van der Waals surface area contributed by atoms with E-state index in [4.69, 9.17) is 9.47 Å². The standard InChI is InChI=1S/C39H43N5O9/c1-24-34(47)40-18-21-52-26-10-12-27(13-11-26)53-39(16-19-44(20-17-39)37(50)30-9-5-8-29-28(30)14-15-33(29)46)38(51)43-31(22-25-6-3-2-4-7-25)35(48)42-32(23-45)36(49)41-24/h2-13,24,31-32,45H,14-23H2,1H3,(H,40,47)(H,41,49)(H,42,48)(H,43,51)/t24-,31+,32-/m0/s1. The second-order valence-corrected chi connectivity index (χ2v) is 13.4. The summed E-state index contributed by atoms with van der Waals surface area (Å²) in [6.07, 6.45) is 1.06. The van der Waals surface area contributed by atoms with Crippen molar-refractivity contribution in [3.63, 3.8) is 0 Å². The number of amides is 5. The van der Waals surface area contributed by atoms with Crippen LogP contribution in [0.15, 0.2) is 72.8 Å². The van der Waals surface area contributed by atoms with Crippen molar-refractivity contribution in [3.05, 3.63) is 95.1 Å². The third-order valence-electron chi connectivity index (χ3n) is 9.86. The van der Waals surface area contributed by atoms with E-state index in [1.807, 2.05) is 6.07 Å². The fourth-order valence-electron chi connectivity index (χ4n) is 6.83. The SMILES string of the molecule is C[C@@H]1NC(=O)[C@H](CO)NC(=O)[C@@H](Cc2ccccc2)NC(=O)C2(CCN(C(=O)c3cccc4c3CCC4=O)CC2)Oc2ccc(cc2)OCCNC1=O. The number of ether oxygens (including phenoxy) is 2. The van der Waals surface area contributed by atoms with Gasteiger partial charge in [0.1, 0.15) is 36.2 Å². The van der Waals surface area contributed by atoms with Crippen LogP contribution in [0.5, 0.6) is 11.5 Å². The van der Waals surface area contributed by atoms with Gasteiger partial charge in [-0.15, -0.1) is 0 Å². The fourth-order valence-corrected chi connectivity index (χ4v) is 6.83. The second-order valence-electron chi connectivity index (χ2n) is 13.4. The molecule has 7 rings (SSSR count). The summed E-state index contributed by atoms with van der Waals surface area (Å²) in [5.41, 5.74) is 0.979. The van der Waals surface area contributed by atoms with E-state index in [0.717, 1.165) is 11.1 Å². The second kappa shape index (κ2) is 16.3. The van der Waals surface area contributed by atoms with Gasteiger partial charge in [0.25, 0.3) is 11.8 Å². The van der Waals surface area contributed by atoms with E-state index in [1.165, 1.54) is 6.92 Å². The molecule has 278 valence electrons. The molecule has 1 saturated heterocycles. The van der Waals surface area contributed by atoms with Crippen molar-refractivity contribution in [1.82, 2.24) is 26.2 Å². The van der Waals surface area contributed by atoms with Gasteiger partial charge in [-0.2, -0.15) is 0 Å². The first-order valence-corrected chi connectivity index (χ1v) is 17.8. The summed E-state index contributed by atoms with van der Waals surface area (Å²) in [4.78, 5) is 81.9. The van der Waals surface area contributed by atoms with Gasteiger partial charge >= 0.3 is 0 Å². The van der Waals surface area contributed by atoms with Gasteiger partial charge in [-0.1, -0.05) is 42.5 Å². The van der Waals surface area contributed by atoms with Crippen LogP contribution in [0.1, 0.15) is 58.0 Å². The van der Waals surface area contributed by atoms with E-state index < -0.39 is 54.0 Å². The molecule has 0 radical (unpaired) electrons. The number of hydrogen-bond acceptors (Lipinski definition) is 9. The average molecular weight is 726 g/mol. The first kappa shape index (κ1) is 37.0. The summed E-state index contributed by atoms with van der Waals surface area (Å²) in [5.74, 6) is -2.00. The molecule has 1 aliphatic carbocycles. The number of nitrogens with zero attached hydrogens (tertiary/aromatic N) is 1. The van der Waals surface area contributed by atoms with Gasteiger partial charge in [0.05, 0.1) is 13.2 Å². The van der Waals surface area contributed by atoms with Gasteiger partial charge in [-0.25, -0.2) is 0 Å². The molecule has 5 amide bonds. The molecule has 1 fully saturated rings. The van der Waals surface area contributed by atoms with Gasteiger partial charge < -0.3 is 40.7 Å². The van der Waals surface area contributed by atoms with Crippen LogP contribution in [0.3, 0.4) is 0 Å². The van der Waals surface area contributed by atoms with Crippen LogP contribution in [0.4, 0.5) is 0 Å². The number of benzene rings is 3. The highest BCUT2D eigenvalue weighted by Gasteiger charge is 2.46. The van der Waals surface area contributed by atoms with Gasteiger partial charge in [0, 0.05) is 49.9 Å². The number of carbonyl (C=O) groups excluding carboxylic acids is 6. The van der Waals surface area contributed by atoms with Gasteiger partial charge in [-0.05, 0) is 54.8 Å². The molecule has 3 aliphatic heterocycles. The fraction of sp³-hybridized carbons (Fsp3) is 0.385. The van der Waals surface area contributed by atoms with Crippen LogP contribution in [0, 0.1) is 0 Å². The highest BCUT2D eigenvalue weighted by molar-refractivity contribution is 6.05. The van der Waals surface area contributed by atoms with Crippen molar-refractivity contribution in [1.29, 1.82) is 0 Å². The largest absolute Gasteiger partial charge is 0.492 e. The van der Waals surface area contributed by atoms with Crippen LogP contribution >= 0.6 is 0 Å². The Morgan fingerprint density at radius 3 is 2.23 bits per heavy atom. The molecule has 14 nitrogen and oxygen atoms in total. The number of nitrogens with one attached hydrogen (secondary N) is 4. The molecule has 0 saturated carbocycles. The average Bonchev–Trinajstić information content (AvgIpc) is 3.56. The highest BCUT2D eigenvalue weighted by Crippen LogP contribution is 2.33. The Balaban J connectivity index is 1.29. The minimum absolute atomic E-state index is 0.0124. The normalized spacial score (nSPS) is 22.4. The topological polar surface area (TPSA) is 192 Å². The smallest absolute Gasteiger partial charge is 0.265 e. The summed E-state index contributed by atoms with van der Waals surface area (Å²) in [6.45, 7) is 1.27. The van der Waals surface area contributed by atoms with Gasteiger partial charge in [-0.3, -0.25) is 28.8 Å². The number of ketones is 1. The van der Waals surface area contributed by atoms with Crippen molar-refractivity contribution >= 4 is 35.3 Å². The van der Waals surface area contributed by atoms with Crippen LogP contribution in [-0.2, 0) is 32.0 Å². The summed E-state index contributed by atoms with van der Waals surface area (Å²) in [7, 11) is 0. The zero-order valence-electron chi connectivity index (χ0n) is 29.4. The number of aliphatic hydroxyl groups is 1. The van der Waals surface area contributed by atoms with E-state index in [0.29, 0.717) is 35.5 Å². The number of Topliss-reactive ketones (excluding diaryl/α,β-unsaturated/α-hetero) is 1. The molecule has 0 unspecified atom stereocenters. The van der Waals surface area contributed by atoms with Crippen LogP contribution in [0.2, 0.25) is 0 Å². The predicted octanol–water partition coefficient (Wildman–Crippen LogP) is 1.09. The highest BCUT2D eigenvalue weighted by atomic mass is 16.5. The third kappa shape index (κ3) is 8.49. The number of carbonyl (C=O) groups is 6. The predicted molar refractivity (Wildman–Crippen MR) is 191 cm³/mol. The Bertz CT molecular complexity index is 1860. The lowest BCUT2D eigenvalue weighted by atomic mass is 9.88. The van der Waals surface area contributed by atoms with Gasteiger partial charge in [0.2, 0.25) is 17.7 Å². The summed E-state index contributed by atoms with van der Waals surface area (Å²) < 4.78 is 12.2. The molecule has 2 bridgehead atoms. The van der Waals surface area contributed by atoms with E-state index in [9.17, 15) is 33.9 Å². The molecule has 5 N–H and O–H groups in total. The van der Waals surface area contributed by atoms with Crippen LogP contribution in [0.25, 0.3) is 0 Å². The summed E-state index contributed by atoms with van der Waals surface area (Å²) >= 11 is 0. The molecule has 3 aromatic rings. The lowest BCUT2D eigenvalue weighted by molar-refractivity contribution is -0.144. The molecule has 4 aliphatic rings. The van der Waals surface area contributed by atoms with Crippen molar-refractivity contribution < 1.29 is 43.3 Å². The Morgan fingerprint density at radius 2 is 1.51 bits per heavy atom. The molecule has 1 spiro atoms. The number of fused-ring (bicyclic) bond motifs is 16. The minimum Gasteiger partial charge on any atom is -0.492 e. The third-order valence-corrected chi connectivity index (χ3v) is 9.86. The van der Waals surface area contributed by atoms with Crippen LogP contribution in [-0.4, -0.2) is 102 Å². The first-order valence-electron chi connectivity index (χ1n) is 17.8. The number of piperidine rings is 1. The zero-order chi connectivity index (χ0) is 37.5. The van der Waals surface area contributed by atoms with E-state index >= 15 is 0 Å². The van der Waals surface area contributed by atoms with Crippen molar-refractivity contribution in [2.24, 2.45) is 0 Å². The van der Waals surface area contributed by atoms with Gasteiger partial charge in [0.15, 0.2) is 11.4 Å². The maximum Gasteiger partial charge on any atom is 0.265 e. The maximum absolute atomic E-state index is 14.5. The number of likely N-dealkylation sites (tertiary alicyclic amines) is 1. The van der Waals surface area contributed by atoms with E-state index in [1.54, 1.807) is 71.6 Å².